The van der Waals surface area contributed by atoms with Crippen LogP contribution in [0.15, 0.2) is 79.1 Å². The van der Waals surface area contributed by atoms with Crippen molar-refractivity contribution >= 4 is 28.5 Å². The molecule has 43 heavy (non-hydrogen) atoms. The van der Waals surface area contributed by atoms with Crippen molar-refractivity contribution in [1.29, 1.82) is 0 Å². The van der Waals surface area contributed by atoms with Crippen molar-refractivity contribution in [3.05, 3.63) is 95.8 Å². The van der Waals surface area contributed by atoms with Crippen molar-refractivity contribution in [3.63, 3.8) is 0 Å². The molecule has 0 bridgehead atoms. The van der Waals surface area contributed by atoms with Crippen LogP contribution in [0.4, 0.5) is 5.69 Å². The normalized spacial score (nSPS) is 18.4. The molecule has 0 spiro atoms. The summed E-state index contributed by atoms with van der Waals surface area (Å²) >= 11 is 0. The van der Waals surface area contributed by atoms with Crippen LogP contribution in [0.25, 0.3) is 11.0 Å². The van der Waals surface area contributed by atoms with E-state index in [-0.39, 0.29) is 37.0 Å². The summed E-state index contributed by atoms with van der Waals surface area (Å²) in [4.78, 5) is 28.0. The van der Waals surface area contributed by atoms with Crippen LogP contribution in [0.3, 0.4) is 0 Å². The highest BCUT2D eigenvalue weighted by atomic mass is 16.7. The van der Waals surface area contributed by atoms with Crippen LogP contribution >= 0.6 is 0 Å². The molecule has 10 heteroatoms. The number of para-hydroxylation sites is 2. The average molecular weight is 587 g/mol. The molecule has 0 radical (unpaired) electrons. The van der Waals surface area contributed by atoms with E-state index in [4.69, 9.17) is 14.7 Å². The Kier molecular flexibility index (Phi) is 10.5. The minimum absolute atomic E-state index is 0.0116. The Hall–Kier alpha value is -4.09. The van der Waals surface area contributed by atoms with E-state index in [0.717, 1.165) is 47.0 Å². The molecule has 0 unspecified atom stereocenters. The summed E-state index contributed by atoms with van der Waals surface area (Å²) in [5, 5.41) is 20.9. The topological polar surface area (TPSA) is 135 Å². The zero-order valence-corrected chi connectivity index (χ0v) is 24.0. The number of anilines is 1. The van der Waals surface area contributed by atoms with Gasteiger partial charge in [0.1, 0.15) is 0 Å². The summed E-state index contributed by atoms with van der Waals surface area (Å²) < 4.78 is 15.1. The maximum atomic E-state index is 12.4. The molecule has 226 valence electrons. The molecule has 2 heterocycles. The largest absolute Gasteiger partial charge is 0.392 e. The van der Waals surface area contributed by atoms with Crippen LogP contribution in [0.5, 0.6) is 0 Å². The number of carbonyl (C=O) groups excluding carboxylic acids is 2. The lowest BCUT2D eigenvalue weighted by Gasteiger charge is -2.36. The third-order valence-electron chi connectivity index (χ3n) is 7.69. The van der Waals surface area contributed by atoms with Crippen molar-refractivity contribution in [2.45, 2.75) is 76.6 Å². The highest BCUT2D eigenvalue weighted by Gasteiger charge is 2.32. The van der Waals surface area contributed by atoms with Gasteiger partial charge >= 0.3 is 0 Å². The zero-order chi connectivity index (χ0) is 30.0. The zero-order valence-electron chi connectivity index (χ0n) is 24.0. The standard InChI is InChI=1S/C33H38N4O6/c38-21-23-11-13-24(14-12-23)30-19-27(20-37-22-34-28-7-5-6-8-29(28)37)42-33(43-30)25-15-17-26(18-16-25)35-31(39)9-3-1-2-4-10-32(40)36-41/h5-8,11-18,22,27,30,33,38,41H,1-4,9-10,19-21H2,(H,35,39)(H,36,40)/t27-,30+,33+/m1/s1. The van der Waals surface area contributed by atoms with Gasteiger partial charge in [-0.25, -0.2) is 10.5 Å². The van der Waals surface area contributed by atoms with Crippen LogP contribution in [0.1, 0.15) is 74.0 Å². The second kappa shape index (κ2) is 14.9. The lowest BCUT2D eigenvalue weighted by molar-refractivity contribution is -0.252. The fourth-order valence-electron chi connectivity index (χ4n) is 5.34. The van der Waals surface area contributed by atoms with Crippen molar-refractivity contribution in [1.82, 2.24) is 15.0 Å². The number of nitrogens with one attached hydrogen (secondary N) is 2. The Morgan fingerprint density at radius 3 is 2.28 bits per heavy atom. The van der Waals surface area contributed by atoms with Gasteiger partial charge in [0.05, 0.1) is 42.7 Å². The summed E-state index contributed by atoms with van der Waals surface area (Å²) in [5.74, 6) is -0.454. The fourth-order valence-corrected chi connectivity index (χ4v) is 5.34. The molecule has 3 atom stereocenters. The first-order valence-electron chi connectivity index (χ1n) is 14.8. The minimum Gasteiger partial charge on any atom is -0.392 e. The first kappa shape index (κ1) is 30.4. The SMILES string of the molecule is O=C(CCCCCCC(=O)Nc1ccc([C@H]2O[C@@H](Cn3cnc4ccccc43)C[C@@H](c3ccc(CO)cc3)O2)cc1)NO. The molecule has 1 aromatic heterocycles. The number of hydroxylamine groups is 1. The number of hydrogen-bond acceptors (Lipinski definition) is 7. The fraction of sp³-hybridized carbons (Fsp3) is 0.364. The van der Waals surface area contributed by atoms with E-state index in [1.165, 1.54) is 0 Å². The van der Waals surface area contributed by atoms with Gasteiger partial charge in [0.25, 0.3) is 0 Å². The number of aromatic nitrogens is 2. The molecule has 3 aromatic carbocycles. The number of rotatable bonds is 13. The third kappa shape index (κ3) is 8.26. The molecule has 4 N–H and O–H groups in total. The second-order valence-electron chi connectivity index (χ2n) is 10.9. The van der Waals surface area contributed by atoms with Gasteiger partial charge in [-0.2, -0.15) is 0 Å². The first-order chi connectivity index (χ1) is 21.0. The van der Waals surface area contributed by atoms with E-state index in [0.29, 0.717) is 31.5 Å². The van der Waals surface area contributed by atoms with Crippen LogP contribution in [0.2, 0.25) is 0 Å². The number of nitrogens with zero attached hydrogens (tertiary/aromatic N) is 2. The van der Waals surface area contributed by atoms with Gasteiger partial charge in [0, 0.05) is 30.5 Å². The van der Waals surface area contributed by atoms with Crippen LogP contribution < -0.4 is 10.8 Å². The van der Waals surface area contributed by atoms with E-state index >= 15 is 0 Å². The van der Waals surface area contributed by atoms with Crippen molar-refractivity contribution in [2.24, 2.45) is 0 Å². The lowest BCUT2D eigenvalue weighted by Crippen LogP contribution is -2.32. The van der Waals surface area contributed by atoms with Crippen molar-refractivity contribution in [3.8, 4) is 0 Å². The number of carbonyl (C=O) groups is 2. The Labute approximate surface area is 250 Å². The van der Waals surface area contributed by atoms with Gasteiger partial charge in [0.2, 0.25) is 11.8 Å². The second-order valence-corrected chi connectivity index (χ2v) is 10.9. The van der Waals surface area contributed by atoms with Crippen molar-refractivity contribution in [2.75, 3.05) is 5.32 Å². The molecule has 5 rings (SSSR count). The summed E-state index contributed by atoms with van der Waals surface area (Å²) in [6.45, 7) is 0.608. The number of aliphatic hydroxyl groups is 1. The lowest BCUT2D eigenvalue weighted by atomic mass is 10.00. The predicted octanol–water partition coefficient (Wildman–Crippen LogP) is 5.56. The van der Waals surface area contributed by atoms with E-state index < -0.39 is 6.29 Å². The quantitative estimate of drug-likeness (QED) is 0.0915. The summed E-state index contributed by atoms with van der Waals surface area (Å²) in [5.41, 5.74) is 7.02. The number of ether oxygens (including phenoxy) is 2. The molecule has 2 amide bonds. The molecule has 1 saturated heterocycles. The molecular formula is C33H38N4O6. The molecule has 0 saturated carbocycles. The molecule has 10 nitrogen and oxygen atoms in total. The number of hydrogen-bond donors (Lipinski definition) is 4. The Morgan fingerprint density at radius 1 is 0.860 bits per heavy atom. The van der Waals surface area contributed by atoms with Gasteiger partial charge in [-0.15, -0.1) is 0 Å². The van der Waals surface area contributed by atoms with Crippen LogP contribution in [0, 0.1) is 0 Å². The maximum absolute atomic E-state index is 12.4. The van der Waals surface area contributed by atoms with Gasteiger partial charge < -0.3 is 24.5 Å². The summed E-state index contributed by atoms with van der Waals surface area (Å²) in [6.07, 6.45) is 5.28. The monoisotopic (exact) mass is 586 g/mol. The van der Waals surface area contributed by atoms with Crippen LogP contribution in [-0.4, -0.2) is 37.8 Å². The number of imidazole rings is 1. The van der Waals surface area contributed by atoms with Gasteiger partial charge in [-0.3, -0.25) is 14.8 Å². The van der Waals surface area contributed by atoms with E-state index in [1.54, 1.807) is 5.48 Å². The Morgan fingerprint density at radius 2 is 1.56 bits per heavy atom. The number of amides is 2. The smallest absolute Gasteiger partial charge is 0.243 e. The highest BCUT2D eigenvalue weighted by Crippen LogP contribution is 2.39. The number of fused-ring (bicyclic) bond motifs is 1. The Balaban J connectivity index is 1.21. The summed E-state index contributed by atoms with van der Waals surface area (Å²) in [7, 11) is 0. The van der Waals surface area contributed by atoms with E-state index in [1.807, 2.05) is 73.1 Å². The minimum atomic E-state index is -0.603. The van der Waals surface area contributed by atoms with E-state index in [2.05, 4.69) is 20.9 Å². The molecule has 4 aromatic rings. The average Bonchev–Trinajstić information content (AvgIpc) is 3.45. The van der Waals surface area contributed by atoms with Gasteiger partial charge in [0.15, 0.2) is 6.29 Å². The predicted molar refractivity (Wildman–Crippen MR) is 161 cm³/mol. The number of aliphatic hydroxyl groups excluding tert-OH is 1. The van der Waals surface area contributed by atoms with Gasteiger partial charge in [-0.1, -0.05) is 61.4 Å². The van der Waals surface area contributed by atoms with Gasteiger partial charge in [-0.05, 0) is 48.2 Å². The molecule has 1 fully saturated rings. The molecule has 1 aliphatic heterocycles. The first-order valence-corrected chi connectivity index (χ1v) is 14.8. The number of unbranched alkanes of at least 4 members (excludes halogenated alkanes) is 3. The molecule has 1 aliphatic rings. The van der Waals surface area contributed by atoms with E-state index in [9.17, 15) is 14.7 Å². The molecular weight excluding hydrogens is 548 g/mol. The third-order valence-corrected chi connectivity index (χ3v) is 7.69. The number of benzene rings is 3. The highest BCUT2D eigenvalue weighted by molar-refractivity contribution is 5.90. The van der Waals surface area contributed by atoms with Crippen molar-refractivity contribution < 1.29 is 29.4 Å². The Bertz CT molecular complexity index is 1490. The maximum Gasteiger partial charge on any atom is 0.243 e. The summed E-state index contributed by atoms with van der Waals surface area (Å²) in [6, 6.07) is 23.4. The van der Waals surface area contributed by atoms with Crippen LogP contribution in [-0.2, 0) is 32.2 Å². The molecule has 0 aliphatic carbocycles.